The van der Waals surface area contributed by atoms with Gasteiger partial charge in [-0.3, -0.25) is 4.68 Å². The molecule has 5 nitrogen and oxygen atoms in total. The maximum Gasteiger partial charge on any atom is 0.356 e. The zero-order valence-corrected chi connectivity index (χ0v) is 13.9. The van der Waals surface area contributed by atoms with E-state index < -0.39 is 5.97 Å². The smallest absolute Gasteiger partial charge is 0.356 e. The van der Waals surface area contributed by atoms with Crippen molar-refractivity contribution in [1.29, 1.82) is 0 Å². The average Bonchev–Trinajstić information content (AvgIpc) is 3.15. The number of hydrogen-bond acceptors (Lipinski definition) is 3. The zero-order valence-electron chi connectivity index (χ0n) is 13.9. The molecule has 0 aliphatic rings. The van der Waals surface area contributed by atoms with Crippen LogP contribution in [0.2, 0.25) is 0 Å². The van der Waals surface area contributed by atoms with Gasteiger partial charge in [-0.25, -0.2) is 4.79 Å². The lowest BCUT2D eigenvalue weighted by Crippen LogP contribution is -2.00. The van der Waals surface area contributed by atoms with Crippen LogP contribution in [0, 0.1) is 6.92 Å². The molecule has 25 heavy (non-hydrogen) atoms. The fourth-order valence-electron chi connectivity index (χ4n) is 3.23. The minimum Gasteiger partial charge on any atom is -0.476 e. The Kier molecular flexibility index (Phi) is 3.42. The molecule has 2 aromatic carbocycles. The van der Waals surface area contributed by atoms with Crippen LogP contribution in [-0.4, -0.2) is 20.9 Å². The zero-order chi connectivity index (χ0) is 17.6. The number of fused-ring (bicyclic) bond motifs is 1. The SMILES string of the molecule is Cc1c(C(=O)O)nn(C)c1-c1ccccc1-c1cc2ccccc2o1. The highest BCUT2D eigenvalue weighted by atomic mass is 16.4. The largest absolute Gasteiger partial charge is 0.476 e. The standard InChI is InChI=1S/C20H16N2O3/c1-12-18(20(23)24)21-22(2)19(12)15-9-5-4-8-14(15)17-11-13-7-3-6-10-16(13)25-17/h3-11H,1-2H3,(H,23,24). The van der Waals surface area contributed by atoms with E-state index in [1.807, 2.05) is 54.6 Å². The second kappa shape index (κ2) is 5.63. The van der Waals surface area contributed by atoms with E-state index in [0.29, 0.717) is 5.56 Å². The molecule has 0 aliphatic carbocycles. The minimum atomic E-state index is -1.03. The summed E-state index contributed by atoms with van der Waals surface area (Å²) >= 11 is 0. The summed E-state index contributed by atoms with van der Waals surface area (Å²) < 4.78 is 7.62. The Bertz CT molecular complexity index is 1070. The molecular weight excluding hydrogens is 316 g/mol. The van der Waals surface area contributed by atoms with Crippen LogP contribution >= 0.6 is 0 Å². The summed E-state index contributed by atoms with van der Waals surface area (Å²) in [6.45, 7) is 1.78. The molecule has 0 fully saturated rings. The number of carbonyl (C=O) groups is 1. The van der Waals surface area contributed by atoms with Gasteiger partial charge in [-0.2, -0.15) is 5.10 Å². The second-order valence-corrected chi connectivity index (χ2v) is 5.95. The third-order valence-electron chi connectivity index (χ3n) is 4.36. The molecule has 5 heteroatoms. The van der Waals surface area contributed by atoms with Crippen molar-refractivity contribution in [3.63, 3.8) is 0 Å². The number of aromatic carboxylic acids is 1. The van der Waals surface area contributed by atoms with Gasteiger partial charge in [0, 0.05) is 29.1 Å². The van der Waals surface area contributed by atoms with Crippen LogP contribution in [0.5, 0.6) is 0 Å². The first kappa shape index (κ1) is 15.2. The Labute approximate surface area is 144 Å². The maximum atomic E-state index is 11.4. The van der Waals surface area contributed by atoms with Crippen LogP contribution in [0.1, 0.15) is 16.1 Å². The predicted molar refractivity (Wildman–Crippen MR) is 95.5 cm³/mol. The molecular formula is C20H16N2O3. The Morgan fingerprint density at radius 2 is 1.76 bits per heavy atom. The Morgan fingerprint density at radius 1 is 1.08 bits per heavy atom. The van der Waals surface area contributed by atoms with Crippen LogP contribution in [0.3, 0.4) is 0 Å². The summed E-state index contributed by atoms with van der Waals surface area (Å²) in [5.74, 6) is -0.283. The number of aryl methyl sites for hydroxylation is 1. The fraction of sp³-hybridized carbons (Fsp3) is 0.100. The van der Waals surface area contributed by atoms with Crippen molar-refractivity contribution in [2.75, 3.05) is 0 Å². The molecule has 124 valence electrons. The highest BCUT2D eigenvalue weighted by Gasteiger charge is 2.21. The molecule has 0 radical (unpaired) electrons. The molecule has 2 aromatic heterocycles. The molecule has 0 aliphatic heterocycles. The maximum absolute atomic E-state index is 11.4. The highest BCUT2D eigenvalue weighted by molar-refractivity contribution is 5.92. The molecule has 0 atom stereocenters. The van der Waals surface area contributed by atoms with Crippen LogP contribution in [-0.2, 0) is 7.05 Å². The topological polar surface area (TPSA) is 68.3 Å². The third kappa shape index (κ3) is 2.41. The molecule has 0 saturated carbocycles. The summed E-state index contributed by atoms with van der Waals surface area (Å²) in [5, 5.41) is 14.5. The highest BCUT2D eigenvalue weighted by Crippen LogP contribution is 2.36. The number of benzene rings is 2. The van der Waals surface area contributed by atoms with E-state index in [1.165, 1.54) is 0 Å². The number of aromatic nitrogens is 2. The number of carboxylic acid groups (broad SMARTS) is 1. The van der Waals surface area contributed by atoms with Crippen molar-refractivity contribution in [1.82, 2.24) is 9.78 Å². The molecule has 0 spiro atoms. The van der Waals surface area contributed by atoms with Crippen LogP contribution in [0.15, 0.2) is 59.0 Å². The lowest BCUT2D eigenvalue weighted by Gasteiger charge is -2.09. The summed E-state index contributed by atoms with van der Waals surface area (Å²) in [6.07, 6.45) is 0. The van der Waals surface area contributed by atoms with E-state index >= 15 is 0 Å². The molecule has 2 heterocycles. The van der Waals surface area contributed by atoms with Crippen molar-refractivity contribution >= 4 is 16.9 Å². The first-order valence-corrected chi connectivity index (χ1v) is 7.91. The summed E-state index contributed by atoms with van der Waals surface area (Å²) in [5.41, 5.74) is 4.09. The Balaban J connectivity index is 1.95. The molecule has 0 bridgehead atoms. The van der Waals surface area contributed by atoms with Crippen molar-refractivity contribution in [3.8, 4) is 22.6 Å². The Hall–Kier alpha value is -3.34. The second-order valence-electron chi connectivity index (χ2n) is 5.95. The number of nitrogens with zero attached hydrogens (tertiary/aromatic N) is 2. The number of hydrogen-bond donors (Lipinski definition) is 1. The number of rotatable bonds is 3. The van der Waals surface area contributed by atoms with Crippen LogP contribution in [0.25, 0.3) is 33.6 Å². The lowest BCUT2D eigenvalue weighted by molar-refractivity contribution is 0.0689. The van der Waals surface area contributed by atoms with Crippen molar-refractivity contribution in [2.45, 2.75) is 6.92 Å². The first-order chi connectivity index (χ1) is 12.1. The van der Waals surface area contributed by atoms with Gasteiger partial charge < -0.3 is 9.52 Å². The number of carboxylic acids is 1. The van der Waals surface area contributed by atoms with Gasteiger partial charge in [0.05, 0.1) is 5.69 Å². The van der Waals surface area contributed by atoms with Crippen LogP contribution in [0.4, 0.5) is 0 Å². The van der Waals surface area contributed by atoms with Gasteiger partial charge in [0.2, 0.25) is 0 Å². The molecule has 0 amide bonds. The quantitative estimate of drug-likeness (QED) is 0.599. The van der Waals surface area contributed by atoms with Gasteiger partial charge in [-0.05, 0) is 19.1 Å². The van der Waals surface area contributed by atoms with E-state index in [9.17, 15) is 9.90 Å². The van der Waals surface area contributed by atoms with Crippen molar-refractivity contribution in [3.05, 3.63) is 65.9 Å². The van der Waals surface area contributed by atoms with Gasteiger partial charge >= 0.3 is 5.97 Å². The van der Waals surface area contributed by atoms with Crippen molar-refractivity contribution in [2.24, 2.45) is 7.05 Å². The van der Waals surface area contributed by atoms with Gasteiger partial charge in [-0.15, -0.1) is 0 Å². The Morgan fingerprint density at radius 3 is 2.44 bits per heavy atom. The molecule has 0 saturated heterocycles. The monoisotopic (exact) mass is 332 g/mol. The van der Waals surface area contributed by atoms with Gasteiger partial charge in [0.15, 0.2) is 5.69 Å². The average molecular weight is 332 g/mol. The van der Waals surface area contributed by atoms with Gasteiger partial charge in [0.25, 0.3) is 0 Å². The minimum absolute atomic E-state index is 0.0666. The first-order valence-electron chi connectivity index (χ1n) is 7.91. The third-order valence-corrected chi connectivity index (χ3v) is 4.36. The molecule has 1 N–H and O–H groups in total. The number of furan rings is 1. The normalized spacial score (nSPS) is 11.1. The van der Waals surface area contributed by atoms with E-state index in [4.69, 9.17) is 4.42 Å². The lowest BCUT2D eigenvalue weighted by atomic mass is 9.99. The van der Waals surface area contributed by atoms with E-state index in [2.05, 4.69) is 5.10 Å². The summed E-state index contributed by atoms with van der Waals surface area (Å²) in [4.78, 5) is 11.4. The molecule has 4 aromatic rings. The van der Waals surface area contributed by atoms with E-state index in [-0.39, 0.29) is 5.69 Å². The predicted octanol–water partition coefficient (Wildman–Crippen LogP) is 4.51. The van der Waals surface area contributed by atoms with E-state index in [0.717, 1.165) is 33.6 Å². The number of para-hydroxylation sites is 1. The molecule has 0 unspecified atom stereocenters. The van der Waals surface area contributed by atoms with Gasteiger partial charge in [0.1, 0.15) is 11.3 Å². The van der Waals surface area contributed by atoms with Crippen molar-refractivity contribution < 1.29 is 14.3 Å². The van der Waals surface area contributed by atoms with Gasteiger partial charge in [-0.1, -0.05) is 42.5 Å². The van der Waals surface area contributed by atoms with Crippen LogP contribution < -0.4 is 0 Å². The summed E-state index contributed by atoms with van der Waals surface area (Å²) in [7, 11) is 1.75. The molecule has 4 rings (SSSR count). The van der Waals surface area contributed by atoms with E-state index in [1.54, 1.807) is 18.7 Å². The summed E-state index contributed by atoms with van der Waals surface area (Å²) in [6, 6.07) is 17.6. The fourth-order valence-corrected chi connectivity index (χ4v) is 3.23.